The van der Waals surface area contributed by atoms with E-state index in [9.17, 15) is 32.3 Å². The maximum Gasteiger partial charge on any atom is 0.417 e. The van der Waals surface area contributed by atoms with Crippen LogP contribution in [0.15, 0.2) is 59.8 Å². The van der Waals surface area contributed by atoms with E-state index in [-0.39, 0.29) is 56.9 Å². The van der Waals surface area contributed by atoms with Gasteiger partial charge in [0.25, 0.3) is 5.91 Å². The van der Waals surface area contributed by atoms with Gasteiger partial charge in [-0.25, -0.2) is 9.18 Å². The summed E-state index contributed by atoms with van der Waals surface area (Å²) in [5.41, 5.74) is 1.23. The SMILES string of the molecule is COc1cc2nn(C3CCC(CN4CC[C@@H](c5cccc6c5n(C)c(=O)n6C5CCC(=O)NC5=O)[C@H](F)C4)CC3)cc2cc1C(=O)Nc1cncc(C(F)(F)F)c1.[HH].[HH]. The van der Waals surface area contributed by atoms with E-state index in [0.717, 1.165) is 50.1 Å². The number of carbonyl (C=O) groups excluding carboxylic acids is 3. The molecule has 3 amide bonds. The number of ether oxygens (including phenoxy) is 1. The molecule has 0 bridgehead atoms. The van der Waals surface area contributed by atoms with E-state index in [1.807, 2.05) is 16.9 Å². The quantitative estimate of drug-likeness (QED) is 0.136. The monoisotopic (exact) mass is 794 g/mol. The molecule has 17 heteroatoms. The molecular weight excluding hydrogens is 748 g/mol. The lowest BCUT2D eigenvalue weighted by molar-refractivity contribution is -0.138. The Hall–Kier alpha value is -5.58. The molecule has 0 radical (unpaired) electrons. The number of alkyl halides is 4. The number of benzene rings is 2. The number of rotatable bonds is 8. The zero-order chi connectivity index (χ0) is 40.2. The van der Waals surface area contributed by atoms with E-state index in [2.05, 4.69) is 20.5 Å². The van der Waals surface area contributed by atoms with Crippen LogP contribution in [0.3, 0.4) is 0 Å². The first-order chi connectivity index (χ1) is 27.3. The number of anilines is 1. The van der Waals surface area contributed by atoms with Gasteiger partial charge in [0.2, 0.25) is 11.8 Å². The van der Waals surface area contributed by atoms with Gasteiger partial charge in [-0.05, 0) is 74.8 Å². The van der Waals surface area contributed by atoms with Crippen molar-refractivity contribution in [2.45, 2.75) is 75.3 Å². The van der Waals surface area contributed by atoms with Crippen LogP contribution in [0.1, 0.15) is 87.3 Å². The van der Waals surface area contributed by atoms with Gasteiger partial charge in [0.1, 0.15) is 18.0 Å². The Kier molecular flexibility index (Phi) is 10.1. The standard InChI is InChI=1S/C40H42F4N8O5.2H2/c1-49-36-28(4-3-5-32(36)52(39(49)56)33-10-11-35(53)47-38(33)55)27-12-13-50(21-30(27)41)19-22-6-8-26(9-7-22)51-20-23-14-29(34(57-2)16-31(23)48-51)37(54)46-25-15-24(17-45-18-25)40(42,43)44;;/h3-5,14-18,20,22,26-27,30,33H,6-13,19,21H2,1-2H3,(H,46,54)(H,47,53,55);2*1H/t22?,26?,27-,30+,33?;;/m0../s1. The fraction of sp³-hybridized carbons (Fsp3) is 0.450. The van der Waals surface area contributed by atoms with Gasteiger partial charge in [-0.15, -0.1) is 0 Å². The second-order valence-corrected chi connectivity index (χ2v) is 15.4. The second-order valence-electron chi connectivity index (χ2n) is 15.4. The predicted octanol–water partition coefficient (Wildman–Crippen LogP) is 6.39. The van der Waals surface area contributed by atoms with Crippen molar-refractivity contribution >= 4 is 45.3 Å². The highest BCUT2D eigenvalue weighted by molar-refractivity contribution is 6.08. The Morgan fingerprint density at radius 2 is 1.84 bits per heavy atom. The largest absolute Gasteiger partial charge is 0.496 e. The summed E-state index contributed by atoms with van der Waals surface area (Å²) in [6, 6.07) is 8.83. The van der Waals surface area contributed by atoms with Crippen molar-refractivity contribution in [1.82, 2.24) is 34.1 Å². The number of carbonyl (C=O) groups is 3. The molecule has 3 atom stereocenters. The molecule has 1 unspecified atom stereocenters. The molecule has 3 aromatic heterocycles. The van der Waals surface area contributed by atoms with E-state index in [1.165, 1.54) is 16.2 Å². The smallest absolute Gasteiger partial charge is 0.417 e. The van der Waals surface area contributed by atoms with Gasteiger partial charge < -0.3 is 15.0 Å². The van der Waals surface area contributed by atoms with Crippen LogP contribution < -0.4 is 21.1 Å². The van der Waals surface area contributed by atoms with Crippen molar-refractivity contribution in [2.24, 2.45) is 13.0 Å². The van der Waals surface area contributed by atoms with Crippen LogP contribution in [-0.2, 0) is 22.8 Å². The van der Waals surface area contributed by atoms with Crippen molar-refractivity contribution in [2.75, 3.05) is 32.1 Å². The van der Waals surface area contributed by atoms with Crippen LogP contribution in [-0.4, -0.2) is 79.4 Å². The molecule has 3 fully saturated rings. The molecule has 0 spiro atoms. The molecule has 2 saturated heterocycles. The van der Waals surface area contributed by atoms with Gasteiger partial charge in [-0.1, -0.05) is 12.1 Å². The van der Waals surface area contributed by atoms with Crippen LogP contribution in [0.25, 0.3) is 21.9 Å². The number of fused-ring (bicyclic) bond motifs is 2. The van der Waals surface area contributed by atoms with E-state index in [0.29, 0.717) is 47.0 Å². The molecule has 1 saturated carbocycles. The Morgan fingerprint density at radius 1 is 1.05 bits per heavy atom. The highest BCUT2D eigenvalue weighted by atomic mass is 19.4. The summed E-state index contributed by atoms with van der Waals surface area (Å²) in [7, 11) is 3.04. The number of aryl methyl sites for hydroxylation is 1. The molecule has 1 aliphatic carbocycles. The molecular formula is C40H46F4N8O5. The van der Waals surface area contributed by atoms with Gasteiger partial charge >= 0.3 is 11.9 Å². The van der Waals surface area contributed by atoms with E-state index in [4.69, 9.17) is 9.84 Å². The number of nitrogens with one attached hydrogen (secondary N) is 2. The highest BCUT2D eigenvalue weighted by Crippen LogP contribution is 2.39. The molecule has 5 heterocycles. The zero-order valence-corrected chi connectivity index (χ0v) is 31.4. The first kappa shape index (κ1) is 38.3. The van der Waals surface area contributed by atoms with Gasteiger partial charge in [0.05, 0.1) is 52.7 Å². The number of likely N-dealkylation sites (tertiary alicyclic amines) is 1. The summed E-state index contributed by atoms with van der Waals surface area (Å²) in [6.45, 7) is 1.75. The Labute approximate surface area is 326 Å². The third-order valence-electron chi connectivity index (χ3n) is 11.8. The molecule has 3 aliphatic rings. The van der Waals surface area contributed by atoms with Crippen molar-refractivity contribution in [3.8, 4) is 5.75 Å². The lowest BCUT2D eigenvalue weighted by Gasteiger charge is -2.38. The number of hydrogen-bond acceptors (Lipinski definition) is 8. The fourth-order valence-corrected chi connectivity index (χ4v) is 8.91. The van der Waals surface area contributed by atoms with Crippen molar-refractivity contribution in [3.05, 3.63) is 82.2 Å². The summed E-state index contributed by atoms with van der Waals surface area (Å²) < 4.78 is 66.0. The van der Waals surface area contributed by atoms with Crippen molar-refractivity contribution in [3.63, 3.8) is 0 Å². The van der Waals surface area contributed by atoms with E-state index < -0.39 is 41.7 Å². The molecule has 2 N–H and O–H groups in total. The molecule has 2 aromatic carbocycles. The van der Waals surface area contributed by atoms with Gasteiger partial charge in [-0.3, -0.25) is 38.5 Å². The number of hydrogen-bond donors (Lipinski definition) is 2. The van der Waals surface area contributed by atoms with Crippen LogP contribution in [0, 0.1) is 5.92 Å². The maximum absolute atomic E-state index is 16.1. The molecule has 8 rings (SSSR count). The average Bonchev–Trinajstić information content (AvgIpc) is 3.72. The van der Waals surface area contributed by atoms with Crippen LogP contribution in [0.2, 0.25) is 0 Å². The number of aromatic nitrogens is 5. The van der Waals surface area contributed by atoms with Gasteiger partial charge in [0.15, 0.2) is 0 Å². The normalized spacial score (nSPS) is 23.5. The topological polar surface area (TPSA) is 145 Å². The highest BCUT2D eigenvalue weighted by Gasteiger charge is 2.37. The van der Waals surface area contributed by atoms with Crippen molar-refractivity contribution < 1.29 is 39.5 Å². The van der Waals surface area contributed by atoms with Gasteiger partial charge in [0, 0.05) is 59.2 Å². The molecule has 5 aromatic rings. The summed E-state index contributed by atoms with van der Waals surface area (Å²) in [5.74, 6) is -1.32. The average molecular weight is 795 g/mol. The van der Waals surface area contributed by atoms with Crippen molar-refractivity contribution in [1.29, 1.82) is 0 Å². The number of para-hydroxylation sites is 1. The Bertz CT molecular complexity index is 2440. The molecule has 57 heavy (non-hydrogen) atoms. The summed E-state index contributed by atoms with van der Waals surface area (Å²) in [4.78, 5) is 56.8. The molecule has 13 nitrogen and oxygen atoms in total. The lowest BCUT2D eigenvalue weighted by atomic mass is 9.83. The molecule has 304 valence electrons. The molecule has 2 aliphatic heterocycles. The first-order valence-electron chi connectivity index (χ1n) is 19.1. The minimum atomic E-state index is -4.61. The minimum absolute atomic E-state index is 0. The maximum atomic E-state index is 16.1. The van der Waals surface area contributed by atoms with E-state index >= 15 is 4.39 Å². The van der Waals surface area contributed by atoms with Crippen LogP contribution >= 0.6 is 0 Å². The zero-order valence-electron chi connectivity index (χ0n) is 31.4. The number of pyridine rings is 1. The number of methoxy groups -OCH3 is 1. The Morgan fingerprint density at radius 3 is 2.56 bits per heavy atom. The summed E-state index contributed by atoms with van der Waals surface area (Å²) >= 11 is 0. The summed E-state index contributed by atoms with van der Waals surface area (Å²) in [5, 5.41) is 10.3. The number of imide groups is 1. The number of piperidine rings is 2. The lowest BCUT2D eigenvalue weighted by Crippen LogP contribution is -2.44. The third kappa shape index (κ3) is 7.40. The number of nitrogens with zero attached hydrogens (tertiary/aromatic N) is 6. The third-order valence-corrected chi connectivity index (χ3v) is 11.8. The predicted molar refractivity (Wildman–Crippen MR) is 206 cm³/mol. The van der Waals surface area contributed by atoms with Crippen LogP contribution in [0.5, 0.6) is 5.75 Å². The van der Waals surface area contributed by atoms with E-state index in [1.54, 1.807) is 31.3 Å². The number of halogens is 4. The fourth-order valence-electron chi connectivity index (χ4n) is 8.91. The number of imidazole rings is 1. The summed E-state index contributed by atoms with van der Waals surface area (Å²) in [6.07, 6.45) is 2.46. The second kappa shape index (κ2) is 15.1. The number of amides is 3. The Balaban J connectivity index is 0.00000293. The first-order valence-corrected chi connectivity index (χ1v) is 19.1. The minimum Gasteiger partial charge on any atom is -0.496 e. The van der Waals surface area contributed by atoms with Crippen LogP contribution in [0.4, 0.5) is 23.2 Å². The van der Waals surface area contributed by atoms with Gasteiger partial charge in [-0.2, -0.15) is 18.3 Å².